The Hall–Kier alpha value is -1.36. The molecule has 1 rings (SSSR count). The van der Waals surface area contributed by atoms with E-state index in [4.69, 9.17) is 0 Å². The molecule has 21 heavy (non-hydrogen) atoms. The van der Waals surface area contributed by atoms with Crippen molar-refractivity contribution in [2.45, 2.75) is 66.0 Å². The third-order valence-electron chi connectivity index (χ3n) is 4.23. The highest BCUT2D eigenvalue weighted by Gasteiger charge is 2.27. The van der Waals surface area contributed by atoms with Gasteiger partial charge < -0.3 is 10.4 Å². The second-order valence-corrected chi connectivity index (χ2v) is 6.28. The molecule has 5 nitrogen and oxygen atoms in total. The molecule has 1 aromatic rings. The fraction of sp³-hybridized carbons (Fsp3) is 0.750. The number of aryl methyl sites for hydroxylation is 1. The van der Waals surface area contributed by atoms with Crippen LogP contribution in [0.4, 0.5) is 0 Å². The van der Waals surface area contributed by atoms with Crippen LogP contribution in [0, 0.1) is 12.8 Å². The van der Waals surface area contributed by atoms with Crippen molar-refractivity contribution in [2.75, 3.05) is 6.54 Å². The van der Waals surface area contributed by atoms with Crippen molar-refractivity contribution in [1.29, 1.82) is 0 Å². The maximum Gasteiger partial charge on any atom is 0.269 e. The molecule has 0 aliphatic carbocycles. The number of carbonyl (C=O) groups excluding carboxylic acids is 1. The zero-order valence-corrected chi connectivity index (χ0v) is 14.1. The van der Waals surface area contributed by atoms with Gasteiger partial charge in [-0.15, -0.1) is 0 Å². The molecule has 1 aromatic heterocycles. The van der Waals surface area contributed by atoms with Crippen molar-refractivity contribution in [2.24, 2.45) is 5.92 Å². The summed E-state index contributed by atoms with van der Waals surface area (Å²) < 4.78 is 1.81. The van der Waals surface area contributed by atoms with Crippen LogP contribution in [-0.2, 0) is 0 Å². The molecule has 5 heteroatoms. The Kier molecular flexibility index (Phi) is 5.96. The van der Waals surface area contributed by atoms with E-state index in [1.165, 1.54) is 0 Å². The number of rotatable bonds is 7. The van der Waals surface area contributed by atoms with Gasteiger partial charge in [0.25, 0.3) is 5.91 Å². The van der Waals surface area contributed by atoms with E-state index in [1.54, 1.807) is 13.0 Å². The van der Waals surface area contributed by atoms with Gasteiger partial charge in [-0.2, -0.15) is 5.10 Å². The molecule has 120 valence electrons. The van der Waals surface area contributed by atoms with Crippen LogP contribution >= 0.6 is 0 Å². The van der Waals surface area contributed by atoms with Crippen LogP contribution in [0.15, 0.2) is 6.07 Å². The minimum atomic E-state index is -0.912. The number of nitrogens with one attached hydrogen (secondary N) is 1. The van der Waals surface area contributed by atoms with Crippen LogP contribution < -0.4 is 5.32 Å². The van der Waals surface area contributed by atoms with Gasteiger partial charge in [0.15, 0.2) is 0 Å². The molecular weight excluding hydrogens is 266 g/mol. The summed E-state index contributed by atoms with van der Waals surface area (Å²) in [4.78, 5) is 12.4. The van der Waals surface area contributed by atoms with Crippen molar-refractivity contribution in [3.05, 3.63) is 17.5 Å². The van der Waals surface area contributed by atoms with Crippen LogP contribution in [0.25, 0.3) is 0 Å². The Bertz CT molecular complexity index is 474. The Morgan fingerprint density at radius 3 is 2.48 bits per heavy atom. The van der Waals surface area contributed by atoms with Gasteiger partial charge >= 0.3 is 0 Å². The molecule has 0 saturated heterocycles. The van der Waals surface area contributed by atoms with E-state index in [9.17, 15) is 9.90 Å². The molecule has 1 atom stereocenters. The average Bonchev–Trinajstić information content (AvgIpc) is 2.79. The molecule has 2 N–H and O–H groups in total. The number of aliphatic hydroxyl groups is 1. The summed E-state index contributed by atoms with van der Waals surface area (Å²) >= 11 is 0. The highest BCUT2D eigenvalue weighted by molar-refractivity contribution is 5.92. The predicted octanol–water partition coefficient (Wildman–Crippen LogP) is 2.69. The van der Waals surface area contributed by atoms with Gasteiger partial charge in [-0.3, -0.25) is 9.48 Å². The average molecular weight is 295 g/mol. The van der Waals surface area contributed by atoms with Crippen LogP contribution in [0.1, 0.15) is 69.7 Å². The summed E-state index contributed by atoms with van der Waals surface area (Å²) in [5.41, 5.74) is 0.494. The smallest absolute Gasteiger partial charge is 0.269 e. The summed E-state index contributed by atoms with van der Waals surface area (Å²) in [7, 11) is 0. The Balaban J connectivity index is 2.88. The predicted molar refractivity (Wildman–Crippen MR) is 84.4 cm³/mol. The van der Waals surface area contributed by atoms with Gasteiger partial charge in [-0.1, -0.05) is 27.7 Å². The Labute approximate surface area is 127 Å². The molecule has 1 amide bonds. The highest BCUT2D eigenvalue weighted by atomic mass is 16.3. The summed E-state index contributed by atoms with van der Waals surface area (Å²) in [5.74, 6) is -0.105. The van der Waals surface area contributed by atoms with E-state index < -0.39 is 5.60 Å². The Morgan fingerprint density at radius 2 is 2.00 bits per heavy atom. The molecule has 0 aliphatic heterocycles. The first-order chi connectivity index (χ1) is 9.72. The number of amides is 1. The van der Waals surface area contributed by atoms with Gasteiger partial charge in [0, 0.05) is 6.54 Å². The van der Waals surface area contributed by atoms with Crippen molar-refractivity contribution >= 4 is 5.91 Å². The fourth-order valence-corrected chi connectivity index (χ4v) is 2.15. The second kappa shape index (κ2) is 7.07. The zero-order chi connectivity index (χ0) is 16.2. The van der Waals surface area contributed by atoms with Gasteiger partial charge in [-0.05, 0) is 38.7 Å². The lowest BCUT2D eigenvalue weighted by atomic mass is 9.92. The molecule has 0 radical (unpaired) electrons. The van der Waals surface area contributed by atoms with Crippen molar-refractivity contribution in [3.8, 4) is 0 Å². The topological polar surface area (TPSA) is 67.2 Å². The van der Waals surface area contributed by atoms with E-state index in [-0.39, 0.29) is 24.4 Å². The minimum absolute atomic E-state index is 0.0727. The van der Waals surface area contributed by atoms with E-state index in [1.807, 2.05) is 25.5 Å². The summed E-state index contributed by atoms with van der Waals surface area (Å²) in [6.45, 7) is 11.9. The number of hydrogen-bond acceptors (Lipinski definition) is 3. The minimum Gasteiger partial charge on any atom is -0.388 e. The van der Waals surface area contributed by atoms with Crippen LogP contribution in [-0.4, -0.2) is 32.9 Å². The summed E-state index contributed by atoms with van der Waals surface area (Å²) in [6.07, 6.45) is 1.86. The lowest BCUT2D eigenvalue weighted by molar-refractivity contribution is 0.0141. The molecular formula is C16H29N3O2. The van der Waals surface area contributed by atoms with Crippen molar-refractivity contribution in [3.63, 3.8) is 0 Å². The third-order valence-corrected chi connectivity index (χ3v) is 4.23. The zero-order valence-electron chi connectivity index (χ0n) is 14.1. The molecule has 0 fully saturated rings. The molecule has 0 bridgehead atoms. The van der Waals surface area contributed by atoms with E-state index in [2.05, 4.69) is 24.3 Å². The third kappa shape index (κ3) is 4.30. The molecule has 0 aliphatic rings. The van der Waals surface area contributed by atoms with Gasteiger partial charge in [-0.25, -0.2) is 0 Å². The highest BCUT2D eigenvalue weighted by Crippen LogP contribution is 2.19. The molecule has 0 spiro atoms. The lowest BCUT2D eigenvalue weighted by Gasteiger charge is -2.28. The normalized spacial score (nSPS) is 14.5. The molecule has 1 heterocycles. The van der Waals surface area contributed by atoms with E-state index in [0.29, 0.717) is 5.69 Å². The summed E-state index contributed by atoms with van der Waals surface area (Å²) in [5, 5.41) is 17.5. The first kappa shape index (κ1) is 17.7. The maximum absolute atomic E-state index is 12.4. The van der Waals surface area contributed by atoms with Crippen molar-refractivity contribution in [1.82, 2.24) is 15.1 Å². The fourth-order valence-electron chi connectivity index (χ4n) is 2.15. The van der Waals surface area contributed by atoms with Crippen LogP contribution in [0.5, 0.6) is 0 Å². The number of hydrogen-bond donors (Lipinski definition) is 2. The number of carbonyl (C=O) groups is 1. The first-order valence-electron chi connectivity index (χ1n) is 7.79. The standard InChI is InChI=1S/C16H29N3O2/c1-7-13(8-2)19-14(9-12(5)18-19)15(20)17-10-16(6,21)11(3)4/h9,11,13,21H,7-8,10H2,1-6H3,(H,17,20). The second-order valence-electron chi connectivity index (χ2n) is 6.28. The molecule has 0 saturated carbocycles. The molecule has 1 unspecified atom stereocenters. The van der Waals surface area contributed by atoms with E-state index in [0.717, 1.165) is 18.5 Å². The summed E-state index contributed by atoms with van der Waals surface area (Å²) in [6, 6.07) is 2.03. The lowest BCUT2D eigenvalue weighted by Crippen LogP contribution is -2.44. The maximum atomic E-state index is 12.4. The van der Waals surface area contributed by atoms with Gasteiger partial charge in [0.1, 0.15) is 5.69 Å². The van der Waals surface area contributed by atoms with Crippen LogP contribution in [0.2, 0.25) is 0 Å². The Morgan fingerprint density at radius 1 is 1.43 bits per heavy atom. The van der Waals surface area contributed by atoms with Crippen LogP contribution in [0.3, 0.4) is 0 Å². The monoisotopic (exact) mass is 295 g/mol. The SMILES string of the molecule is CCC(CC)n1nc(C)cc1C(=O)NCC(C)(O)C(C)C. The number of aromatic nitrogens is 2. The quantitative estimate of drug-likeness (QED) is 0.812. The van der Waals surface area contributed by atoms with Gasteiger partial charge in [0.2, 0.25) is 0 Å². The largest absolute Gasteiger partial charge is 0.388 e. The van der Waals surface area contributed by atoms with Gasteiger partial charge in [0.05, 0.1) is 17.3 Å². The van der Waals surface area contributed by atoms with E-state index >= 15 is 0 Å². The first-order valence-corrected chi connectivity index (χ1v) is 7.79. The van der Waals surface area contributed by atoms with Crippen molar-refractivity contribution < 1.29 is 9.90 Å². The number of nitrogens with zero attached hydrogens (tertiary/aromatic N) is 2. The molecule has 0 aromatic carbocycles.